The van der Waals surface area contributed by atoms with Gasteiger partial charge in [-0.1, -0.05) is 65.2 Å². The molecule has 0 amide bonds. The number of rotatable bonds is 3. The van der Waals surface area contributed by atoms with Crippen molar-refractivity contribution in [1.82, 2.24) is 9.88 Å². The van der Waals surface area contributed by atoms with E-state index in [0.717, 1.165) is 37.9 Å². The second-order valence-corrected chi connectivity index (χ2v) is 9.01. The number of hydrogen-bond donors (Lipinski definition) is 1. The van der Waals surface area contributed by atoms with Crippen LogP contribution in [0, 0.1) is 6.92 Å². The van der Waals surface area contributed by atoms with Gasteiger partial charge in [-0.25, -0.2) is 0 Å². The maximum Gasteiger partial charge on any atom is 0.0760 e. The van der Waals surface area contributed by atoms with E-state index in [4.69, 9.17) is 23.2 Å². The Morgan fingerprint density at radius 2 is 1.72 bits per heavy atom. The van der Waals surface area contributed by atoms with Gasteiger partial charge in [0, 0.05) is 34.2 Å². The van der Waals surface area contributed by atoms with Crippen molar-refractivity contribution in [3.63, 3.8) is 0 Å². The number of halogens is 2. The van der Waals surface area contributed by atoms with E-state index in [2.05, 4.69) is 53.2 Å². The Hall–Kier alpha value is -2.00. The summed E-state index contributed by atoms with van der Waals surface area (Å²) in [6, 6.07) is 15.0. The van der Waals surface area contributed by atoms with Crippen LogP contribution in [0.3, 0.4) is 0 Å². The van der Waals surface area contributed by atoms with Gasteiger partial charge >= 0.3 is 0 Å². The molecule has 2 heterocycles. The lowest BCUT2D eigenvalue weighted by atomic mass is 9.91. The van der Waals surface area contributed by atoms with Gasteiger partial charge in [0.15, 0.2) is 0 Å². The van der Waals surface area contributed by atoms with Gasteiger partial charge in [-0.2, -0.15) is 0 Å². The maximum absolute atomic E-state index is 6.27. The van der Waals surface area contributed by atoms with E-state index in [0.29, 0.717) is 10.0 Å². The van der Waals surface area contributed by atoms with Crippen molar-refractivity contribution in [2.45, 2.75) is 38.8 Å². The van der Waals surface area contributed by atoms with E-state index in [1.807, 2.05) is 12.1 Å². The molecule has 1 N–H and O–H groups in total. The molecule has 0 fully saturated rings. The minimum Gasteiger partial charge on any atom is -0.357 e. The summed E-state index contributed by atoms with van der Waals surface area (Å²) in [4.78, 5) is 6.31. The summed E-state index contributed by atoms with van der Waals surface area (Å²) >= 11 is 12.5. The molecule has 1 aliphatic carbocycles. The van der Waals surface area contributed by atoms with Gasteiger partial charge in [0.1, 0.15) is 0 Å². The molecule has 29 heavy (non-hydrogen) atoms. The van der Waals surface area contributed by atoms with Crippen LogP contribution in [0.25, 0.3) is 12.2 Å². The van der Waals surface area contributed by atoms with Crippen molar-refractivity contribution in [1.29, 1.82) is 0 Å². The molecule has 1 aliphatic heterocycles. The highest BCUT2D eigenvalue weighted by Crippen LogP contribution is 2.34. The third-order valence-electron chi connectivity index (χ3n) is 6.06. The molecule has 1 aromatic heterocycles. The zero-order valence-corrected chi connectivity index (χ0v) is 18.0. The topological polar surface area (TPSA) is 19.0 Å². The lowest BCUT2D eigenvalue weighted by Gasteiger charge is -2.36. The van der Waals surface area contributed by atoms with Crippen molar-refractivity contribution in [3.05, 3.63) is 91.0 Å². The second kappa shape index (κ2) is 7.68. The molecule has 4 heteroatoms. The summed E-state index contributed by atoms with van der Waals surface area (Å²) in [5, 5.41) is 4.10. The number of H-pyrrole nitrogens is 1. The summed E-state index contributed by atoms with van der Waals surface area (Å²) in [5.74, 6) is 0. The molecule has 2 aliphatic rings. The lowest BCUT2D eigenvalue weighted by molar-refractivity contribution is 0.201. The van der Waals surface area contributed by atoms with Crippen LogP contribution >= 0.6 is 23.2 Å². The highest BCUT2D eigenvalue weighted by molar-refractivity contribution is 6.34. The van der Waals surface area contributed by atoms with Crippen LogP contribution in [-0.2, 0) is 13.0 Å². The summed E-state index contributed by atoms with van der Waals surface area (Å²) in [5.41, 5.74) is 6.58. The summed E-state index contributed by atoms with van der Waals surface area (Å²) in [7, 11) is 0. The Balaban J connectivity index is 1.61. The van der Waals surface area contributed by atoms with Crippen molar-refractivity contribution in [3.8, 4) is 0 Å². The van der Waals surface area contributed by atoms with E-state index in [1.165, 1.54) is 33.0 Å². The van der Waals surface area contributed by atoms with Crippen LogP contribution in [0.4, 0.5) is 0 Å². The molecule has 1 unspecified atom stereocenters. The number of aromatic nitrogens is 1. The fourth-order valence-electron chi connectivity index (χ4n) is 4.75. The van der Waals surface area contributed by atoms with Crippen molar-refractivity contribution in [2.75, 3.05) is 6.54 Å². The van der Waals surface area contributed by atoms with Crippen molar-refractivity contribution < 1.29 is 0 Å². The molecule has 0 spiro atoms. The van der Waals surface area contributed by atoms with E-state index in [-0.39, 0.29) is 6.04 Å². The molecule has 5 rings (SSSR count). The van der Waals surface area contributed by atoms with Gasteiger partial charge in [-0.15, -0.1) is 0 Å². The third-order valence-corrected chi connectivity index (χ3v) is 6.50. The van der Waals surface area contributed by atoms with E-state index >= 15 is 0 Å². The Morgan fingerprint density at radius 1 is 1.00 bits per heavy atom. The normalized spacial score (nSPS) is 18.5. The highest BCUT2D eigenvalue weighted by atomic mass is 35.5. The van der Waals surface area contributed by atoms with Crippen LogP contribution < -0.4 is 10.6 Å². The fraction of sp³-hybridized carbons (Fsp3) is 0.280. The van der Waals surface area contributed by atoms with Gasteiger partial charge in [-0.05, 0) is 66.3 Å². The fourth-order valence-corrected chi connectivity index (χ4v) is 5.32. The first kappa shape index (κ1) is 19.0. The number of nitrogens with zero attached hydrogens (tertiary/aromatic N) is 1. The molecule has 0 bridgehead atoms. The van der Waals surface area contributed by atoms with Gasteiger partial charge in [0.2, 0.25) is 0 Å². The van der Waals surface area contributed by atoms with Gasteiger partial charge in [-0.3, -0.25) is 4.90 Å². The number of hydrogen-bond acceptors (Lipinski definition) is 1. The number of fused-ring (bicyclic) bond motifs is 3. The predicted molar refractivity (Wildman–Crippen MR) is 122 cm³/mol. The Labute approximate surface area is 181 Å². The molecule has 0 radical (unpaired) electrons. The summed E-state index contributed by atoms with van der Waals surface area (Å²) in [6.45, 7) is 3.96. The zero-order chi connectivity index (χ0) is 20.0. The number of benzene rings is 2. The first-order valence-corrected chi connectivity index (χ1v) is 11.0. The smallest absolute Gasteiger partial charge is 0.0760 e. The molecule has 2 aromatic carbocycles. The Kier molecular flexibility index (Phi) is 5.03. The Bertz CT molecular complexity index is 1150. The minimum absolute atomic E-state index is 0.199. The molecule has 148 valence electrons. The summed E-state index contributed by atoms with van der Waals surface area (Å²) < 4.78 is 0. The van der Waals surface area contributed by atoms with Crippen LogP contribution in [0.2, 0.25) is 10.0 Å². The molecular formula is C25H24Cl2N2. The molecule has 2 nitrogen and oxygen atoms in total. The molecule has 1 atom stereocenters. The molecular weight excluding hydrogens is 399 g/mol. The van der Waals surface area contributed by atoms with E-state index < -0.39 is 0 Å². The number of aromatic amines is 1. The standard InChI is InChI=1S/C25H24Cl2N2/c1-16-6-8-18(9-7-16)25-24-22(21-4-2-3-5-23(21)28-24)10-11-29(25)15-17-12-19(26)14-20(27)13-17/h4-9,12-14,25,28H,2-3,10-11,15H2,1H3. The number of aryl methyl sites for hydroxylation is 1. The average Bonchev–Trinajstić information content (AvgIpc) is 3.06. The second-order valence-electron chi connectivity index (χ2n) is 8.14. The van der Waals surface area contributed by atoms with Crippen LogP contribution in [-0.4, -0.2) is 16.4 Å². The van der Waals surface area contributed by atoms with Crippen LogP contribution in [0.1, 0.15) is 46.8 Å². The van der Waals surface area contributed by atoms with Gasteiger partial charge in [0.25, 0.3) is 0 Å². The van der Waals surface area contributed by atoms with Crippen molar-refractivity contribution in [2.24, 2.45) is 0 Å². The minimum atomic E-state index is 0.199. The monoisotopic (exact) mass is 422 g/mol. The van der Waals surface area contributed by atoms with E-state index in [1.54, 1.807) is 6.07 Å². The highest BCUT2D eigenvalue weighted by Gasteiger charge is 2.31. The number of nitrogens with one attached hydrogen (secondary N) is 1. The van der Waals surface area contributed by atoms with Crippen molar-refractivity contribution >= 4 is 35.4 Å². The quantitative estimate of drug-likeness (QED) is 0.619. The van der Waals surface area contributed by atoms with Crippen LogP contribution in [0.15, 0.2) is 42.5 Å². The molecule has 0 saturated heterocycles. The zero-order valence-electron chi connectivity index (χ0n) is 16.5. The molecule has 3 aromatic rings. The first-order valence-electron chi connectivity index (χ1n) is 10.3. The van der Waals surface area contributed by atoms with E-state index in [9.17, 15) is 0 Å². The van der Waals surface area contributed by atoms with Gasteiger partial charge in [0.05, 0.1) is 6.04 Å². The average molecular weight is 423 g/mol. The summed E-state index contributed by atoms with van der Waals surface area (Å²) in [6.07, 6.45) is 8.07. The third kappa shape index (κ3) is 3.66. The predicted octanol–water partition coefficient (Wildman–Crippen LogP) is 5.13. The lowest BCUT2D eigenvalue weighted by Crippen LogP contribution is -2.37. The molecule has 0 saturated carbocycles. The van der Waals surface area contributed by atoms with Crippen LogP contribution in [0.5, 0.6) is 0 Å². The SMILES string of the molecule is Cc1ccc(C2c3[nH]c4c(c3CCN2Cc2cc(Cl)cc(Cl)c2)=CCCC=4)cc1. The largest absolute Gasteiger partial charge is 0.357 e. The first-order chi connectivity index (χ1) is 14.1. The Morgan fingerprint density at radius 3 is 2.48 bits per heavy atom. The van der Waals surface area contributed by atoms with Gasteiger partial charge < -0.3 is 4.98 Å². The maximum atomic E-state index is 6.27.